The zero-order chi connectivity index (χ0) is 21.8. The summed E-state index contributed by atoms with van der Waals surface area (Å²) in [6.45, 7) is 5.33. The Bertz CT molecular complexity index is 1040. The second-order valence-corrected chi connectivity index (χ2v) is 8.32. The van der Waals surface area contributed by atoms with Crippen LogP contribution in [0, 0.1) is 12.8 Å². The van der Waals surface area contributed by atoms with Crippen LogP contribution in [-0.4, -0.2) is 49.9 Å². The molecule has 1 saturated heterocycles. The summed E-state index contributed by atoms with van der Waals surface area (Å²) < 4.78 is 0. The number of likely N-dealkylation sites (tertiary alicyclic amines) is 1. The summed E-state index contributed by atoms with van der Waals surface area (Å²) in [6, 6.07) is 7.70. The van der Waals surface area contributed by atoms with Crippen LogP contribution in [0.25, 0.3) is 11.1 Å². The predicted molar refractivity (Wildman–Crippen MR) is 121 cm³/mol. The van der Waals surface area contributed by atoms with Gasteiger partial charge in [0.2, 0.25) is 5.95 Å². The van der Waals surface area contributed by atoms with E-state index in [2.05, 4.69) is 32.2 Å². The summed E-state index contributed by atoms with van der Waals surface area (Å²) in [7, 11) is 0. The number of nitrogens with zero attached hydrogens (tertiary/aromatic N) is 5. The number of nitrogens with one attached hydrogen (secondary N) is 1. The van der Waals surface area contributed by atoms with Crippen LogP contribution in [0.15, 0.2) is 49.1 Å². The van der Waals surface area contributed by atoms with Crippen molar-refractivity contribution in [3.63, 3.8) is 0 Å². The normalized spacial score (nSPS) is 18.6. The summed E-state index contributed by atoms with van der Waals surface area (Å²) in [5, 5.41) is 3.75. The zero-order valence-electron chi connectivity index (χ0n) is 17.6. The van der Waals surface area contributed by atoms with Crippen LogP contribution in [0.5, 0.6) is 0 Å². The summed E-state index contributed by atoms with van der Waals surface area (Å²) >= 11 is 5.88. The largest absolute Gasteiger partial charge is 0.352 e. The highest BCUT2D eigenvalue weighted by Crippen LogP contribution is 2.28. The molecule has 3 aromatic rings. The van der Waals surface area contributed by atoms with Crippen molar-refractivity contribution < 1.29 is 4.79 Å². The van der Waals surface area contributed by atoms with Gasteiger partial charge in [-0.05, 0) is 37.8 Å². The third-order valence-electron chi connectivity index (χ3n) is 5.68. The van der Waals surface area contributed by atoms with E-state index in [1.165, 1.54) is 0 Å². The molecule has 0 saturated carbocycles. The molecule has 160 valence electrons. The maximum Gasteiger partial charge on any atom is 0.273 e. The molecular formula is C23H25ClN6O. The molecule has 4 rings (SSSR count). The quantitative estimate of drug-likeness (QED) is 0.643. The zero-order valence-corrected chi connectivity index (χ0v) is 18.4. The minimum atomic E-state index is -0.0575. The first-order chi connectivity index (χ1) is 15.0. The van der Waals surface area contributed by atoms with Gasteiger partial charge in [0.1, 0.15) is 5.69 Å². The van der Waals surface area contributed by atoms with Crippen molar-refractivity contribution in [3.8, 4) is 11.1 Å². The van der Waals surface area contributed by atoms with Gasteiger partial charge in [-0.3, -0.25) is 9.78 Å². The number of hydrogen-bond acceptors (Lipinski definition) is 6. The SMILES string of the molecule is Cc1ccc(-c2cccnc2)c(C(=O)N2CCCC(C)C2CNc2ncc(Cl)cn2)n1. The third-order valence-corrected chi connectivity index (χ3v) is 5.87. The lowest BCUT2D eigenvalue weighted by Crippen LogP contribution is -2.51. The van der Waals surface area contributed by atoms with Gasteiger partial charge in [-0.1, -0.05) is 30.7 Å². The fraction of sp³-hybridized carbons (Fsp3) is 0.348. The molecule has 2 atom stereocenters. The van der Waals surface area contributed by atoms with Gasteiger partial charge < -0.3 is 10.2 Å². The predicted octanol–water partition coefficient (Wildman–Crippen LogP) is 4.25. The highest BCUT2D eigenvalue weighted by molar-refractivity contribution is 6.30. The average molecular weight is 437 g/mol. The van der Waals surface area contributed by atoms with Gasteiger partial charge in [0, 0.05) is 42.3 Å². The maximum absolute atomic E-state index is 13.7. The fourth-order valence-electron chi connectivity index (χ4n) is 4.02. The Kier molecular flexibility index (Phi) is 6.42. The Morgan fingerprint density at radius 3 is 2.77 bits per heavy atom. The molecule has 4 heterocycles. The van der Waals surface area contributed by atoms with Gasteiger partial charge >= 0.3 is 0 Å². The first-order valence-corrected chi connectivity index (χ1v) is 10.8. The van der Waals surface area contributed by atoms with Crippen LogP contribution >= 0.6 is 11.6 Å². The number of amides is 1. The number of halogens is 1. The van der Waals surface area contributed by atoms with Gasteiger partial charge in [0.05, 0.1) is 23.5 Å². The van der Waals surface area contributed by atoms with Gasteiger partial charge in [0.25, 0.3) is 5.91 Å². The Hall–Kier alpha value is -3.06. The van der Waals surface area contributed by atoms with Crippen molar-refractivity contribution >= 4 is 23.5 Å². The van der Waals surface area contributed by atoms with E-state index in [0.29, 0.717) is 35.7 Å². The number of aromatic nitrogens is 4. The van der Waals surface area contributed by atoms with E-state index in [1.807, 2.05) is 36.1 Å². The molecular weight excluding hydrogens is 412 g/mol. The maximum atomic E-state index is 13.7. The molecule has 1 amide bonds. The van der Waals surface area contributed by atoms with E-state index >= 15 is 0 Å². The number of carbonyl (C=O) groups is 1. The highest BCUT2D eigenvalue weighted by Gasteiger charge is 2.34. The van der Waals surface area contributed by atoms with Crippen LogP contribution < -0.4 is 5.32 Å². The third kappa shape index (κ3) is 4.82. The van der Waals surface area contributed by atoms with Crippen LogP contribution in [0.2, 0.25) is 5.02 Å². The summed E-state index contributed by atoms with van der Waals surface area (Å²) in [6.07, 6.45) is 8.63. The highest BCUT2D eigenvalue weighted by atomic mass is 35.5. The lowest BCUT2D eigenvalue weighted by atomic mass is 9.90. The molecule has 0 radical (unpaired) electrons. The molecule has 3 aromatic heterocycles. The van der Waals surface area contributed by atoms with Gasteiger partial charge in [-0.25, -0.2) is 15.0 Å². The second kappa shape index (κ2) is 9.39. The fourth-order valence-corrected chi connectivity index (χ4v) is 4.12. The number of piperidine rings is 1. The van der Waals surface area contributed by atoms with Crippen molar-refractivity contribution in [1.29, 1.82) is 0 Å². The molecule has 8 heteroatoms. The molecule has 0 aromatic carbocycles. The standard InChI is InChI=1S/C23H25ClN6O/c1-15-5-4-10-30(20(15)14-28-23-26-12-18(24)13-27-23)22(31)21-19(8-7-16(2)29-21)17-6-3-9-25-11-17/h3,6-9,11-13,15,20H,4-5,10,14H2,1-2H3,(H,26,27,28). The summed E-state index contributed by atoms with van der Waals surface area (Å²) in [5.74, 6) is 0.779. The van der Waals surface area contributed by atoms with Crippen LogP contribution in [0.3, 0.4) is 0 Å². The van der Waals surface area contributed by atoms with Crippen LogP contribution in [0.1, 0.15) is 35.9 Å². The second-order valence-electron chi connectivity index (χ2n) is 7.88. The number of pyridine rings is 2. The van der Waals surface area contributed by atoms with E-state index in [9.17, 15) is 4.79 Å². The molecule has 0 aliphatic carbocycles. The van der Waals surface area contributed by atoms with Crippen LogP contribution in [0.4, 0.5) is 5.95 Å². The molecule has 2 unspecified atom stereocenters. The smallest absolute Gasteiger partial charge is 0.273 e. The molecule has 0 spiro atoms. The Labute approximate surface area is 186 Å². The van der Waals surface area contributed by atoms with E-state index < -0.39 is 0 Å². The Morgan fingerprint density at radius 2 is 2.03 bits per heavy atom. The van der Waals surface area contributed by atoms with Gasteiger partial charge in [0.15, 0.2) is 0 Å². The van der Waals surface area contributed by atoms with E-state index in [4.69, 9.17) is 11.6 Å². The first kappa shape index (κ1) is 21.2. The monoisotopic (exact) mass is 436 g/mol. The molecule has 31 heavy (non-hydrogen) atoms. The Balaban J connectivity index is 1.61. The van der Waals surface area contributed by atoms with E-state index in [1.54, 1.807) is 24.8 Å². The lowest BCUT2D eigenvalue weighted by molar-refractivity contribution is 0.0534. The minimum Gasteiger partial charge on any atom is -0.352 e. The number of aryl methyl sites for hydroxylation is 1. The Morgan fingerprint density at radius 1 is 1.23 bits per heavy atom. The topological polar surface area (TPSA) is 83.9 Å². The molecule has 1 aliphatic rings. The average Bonchev–Trinajstić information content (AvgIpc) is 2.79. The van der Waals surface area contributed by atoms with Crippen molar-refractivity contribution in [2.24, 2.45) is 5.92 Å². The van der Waals surface area contributed by atoms with Gasteiger partial charge in [-0.2, -0.15) is 0 Å². The van der Waals surface area contributed by atoms with Crippen molar-refractivity contribution in [2.75, 3.05) is 18.4 Å². The van der Waals surface area contributed by atoms with Crippen molar-refractivity contribution in [2.45, 2.75) is 32.7 Å². The van der Waals surface area contributed by atoms with E-state index in [0.717, 1.165) is 29.7 Å². The number of hydrogen-bond donors (Lipinski definition) is 1. The molecule has 1 fully saturated rings. The van der Waals surface area contributed by atoms with Crippen molar-refractivity contribution in [1.82, 2.24) is 24.8 Å². The van der Waals surface area contributed by atoms with Crippen LogP contribution in [-0.2, 0) is 0 Å². The molecule has 7 nitrogen and oxygen atoms in total. The molecule has 0 bridgehead atoms. The number of carbonyl (C=O) groups excluding carboxylic acids is 1. The minimum absolute atomic E-state index is 0.00425. The first-order valence-electron chi connectivity index (χ1n) is 10.4. The molecule has 1 aliphatic heterocycles. The summed E-state index contributed by atoms with van der Waals surface area (Å²) in [4.78, 5) is 32.9. The number of rotatable bonds is 5. The van der Waals surface area contributed by atoms with Crippen molar-refractivity contribution in [3.05, 3.63) is 65.5 Å². The number of anilines is 1. The van der Waals surface area contributed by atoms with Gasteiger partial charge in [-0.15, -0.1) is 0 Å². The molecule has 1 N–H and O–H groups in total. The van der Waals surface area contributed by atoms with E-state index in [-0.39, 0.29) is 11.9 Å². The lowest BCUT2D eigenvalue weighted by Gasteiger charge is -2.40. The summed E-state index contributed by atoms with van der Waals surface area (Å²) in [5.41, 5.74) is 2.96.